The molecule has 1 heterocycles. The van der Waals surface area contributed by atoms with Crippen LogP contribution in [-0.2, 0) is 9.47 Å². The number of thiazole rings is 1. The number of ether oxygens (including phenoxy) is 2. The molecule has 1 aromatic heterocycles. The number of allylic oxidation sites excluding steroid dienone is 4. The second kappa shape index (κ2) is 7.94. The second-order valence-electron chi connectivity index (χ2n) is 5.19. The van der Waals surface area contributed by atoms with E-state index in [4.69, 9.17) is 9.47 Å². The van der Waals surface area contributed by atoms with Crippen LogP contribution in [0.5, 0.6) is 0 Å². The van der Waals surface area contributed by atoms with Gasteiger partial charge in [0, 0.05) is 11.3 Å². The smallest absolute Gasteiger partial charge is 0.358 e. The van der Waals surface area contributed by atoms with E-state index in [9.17, 15) is 4.79 Å². The van der Waals surface area contributed by atoms with E-state index >= 15 is 0 Å². The van der Waals surface area contributed by atoms with Crippen molar-refractivity contribution in [2.24, 2.45) is 0 Å². The van der Waals surface area contributed by atoms with Gasteiger partial charge in [0.15, 0.2) is 5.69 Å². The molecule has 1 aliphatic carbocycles. The average molecular weight is 319 g/mol. The first-order valence-electron chi connectivity index (χ1n) is 7.37. The summed E-state index contributed by atoms with van der Waals surface area (Å²) in [4.78, 5) is 16.3. The summed E-state index contributed by atoms with van der Waals surface area (Å²) in [5.74, 6) is 0.732. The molecule has 0 amide bonds. The Balaban J connectivity index is 1.93. The van der Waals surface area contributed by atoms with Crippen molar-refractivity contribution in [1.29, 1.82) is 0 Å². The van der Waals surface area contributed by atoms with Crippen LogP contribution in [0.3, 0.4) is 0 Å². The molecular weight excluding hydrogens is 298 g/mol. The van der Waals surface area contributed by atoms with E-state index in [-0.39, 0.29) is 18.5 Å². The van der Waals surface area contributed by atoms with Crippen LogP contribution in [0.1, 0.15) is 48.6 Å². The molecule has 0 aromatic carbocycles. The first-order valence-corrected chi connectivity index (χ1v) is 8.25. The molecule has 0 spiro atoms. The first-order chi connectivity index (χ1) is 10.6. The number of carbonyl (C=O) groups is 1. The highest BCUT2D eigenvalue weighted by Crippen LogP contribution is 2.29. The van der Waals surface area contributed by atoms with Crippen molar-refractivity contribution < 1.29 is 14.3 Å². The van der Waals surface area contributed by atoms with Crippen molar-refractivity contribution in [1.82, 2.24) is 4.98 Å². The molecule has 0 saturated carbocycles. The molecule has 22 heavy (non-hydrogen) atoms. The highest BCUT2D eigenvalue weighted by atomic mass is 32.1. The van der Waals surface area contributed by atoms with Crippen molar-refractivity contribution in [3.8, 4) is 0 Å². The number of rotatable bonds is 6. The quantitative estimate of drug-likeness (QED) is 0.581. The van der Waals surface area contributed by atoms with Gasteiger partial charge >= 0.3 is 5.97 Å². The van der Waals surface area contributed by atoms with Crippen LogP contribution in [-0.4, -0.2) is 24.2 Å². The van der Waals surface area contributed by atoms with E-state index in [1.807, 2.05) is 32.9 Å². The standard InChI is InChI=1S/C17H21NO3S/c1-4-20-14-7-5-13(6-8-14)16-18-15(11-22-16)17(19)21-10-9-12(2)3/h5,7-9,11,13H,4,6,10H2,1-3H3. The predicted molar refractivity (Wildman–Crippen MR) is 88.0 cm³/mol. The summed E-state index contributed by atoms with van der Waals surface area (Å²) in [6.45, 7) is 6.86. The van der Waals surface area contributed by atoms with Crippen LogP contribution in [0, 0.1) is 0 Å². The highest BCUT2D eigenvalue weighted by Gasteiger charge is 2.18. The van der Waals surface area contributed by atoms with Gasteiger partial charge in [0.2, 0.25) is 0 Å². The molecule has 1 unspecified atom stereocenters. The molecule has 0 N–H and O–H groups in total. The lowest BCUT2D eigenvalue weighted by Gasteiger charge is -2.13. The maximum Gasteiger partial charge on any atom is 0.358 e. The number of nitrogens with zero attached hydrogens (tertiary/aromatic N) is 1. The van der Waals surface area contributed by atoms with E-state index in [1.54, 1.807) is 5.38 Å². The van der Waals surface area contributed by atoms with Crippen LogP contribution in [0.4, 0.5) is 0 Å². The minimum absolute atomic E-state index is 0.202. The molecule has 2 rings (SSSR count). The Morgan fingerprint density at radius 2 is 2.32 bits per heavy atom. The van der Waals surface area contributed by atoms with Gasteiger partial charge in [-0.25, -0.2) is 9.78 Å². The van der Waals surface area contributed by atoms with Gasteiger partial charge < -0.3 is 9.47 Å². The molecule has 0 radical (unpaired) electrons. The van der Waals surface area contributed by atoms with Gasteiger partial charge in [-0.05, 0) is 45.4 Å². The fourth-order valence-electron chi connectivity index (χ4n) is 1.97. The molecule has 0 saturated heterocycles. The van der Waals surface area contributed by atoms with Crippen molar-refractivity contribution in [3.63, 3.8) is 0 Å². The van der Waals surface area contributed by atoms with Gasteiger partial charge in [-0.2, -0.15) is 0 Å². The van der Waals surface area contributed by atoms with E-state index in [0.29, 0.717) is 12.3 Å². The van der Waals surface area contributed by atoms with Gasteiger partial charge in [0.1, 0.15) is 17.4 Å². The fourth-order valence-corrected chi connectivity index (χ4v) is 2.85. The van der Waals surface area contributed by atoms with Crippen molar-refractivity contribution in [2.75, 3.05) is 13.2 Å². The monoisotopic (exact) mass is 319 g/mol. The van der Waals surface area contributed by atoms with E-state index in [1.165, 1.54) is 11.3 Å². The zero-order valence-corrected chi connectivity index (χ0v) is 14.0. The summed E-state index contributed by atoms with van der Waals surface area (Å²) in [5, 5.41) is 2.69. The van der Waals surface area contributed by atoms with Crippen molar-refractivity contribution in [2.45, 2.75) is 33.1 Å². The van der Waals surface area contributed by atoms with E-state index < -0.39 is 0 Å². The minimum Gasteiger partial charge on any atom is -0.494 e. The molecule has 118 valence electrons. The van der Waals surface area contributed by atoms with Gasteiger partial charge in [0.25, 0.3) is 0 Å². The SMILES string of the molecule is CCOC1=CCC(c2nc(C(=O)OCC=C(C)C)cs2)C=C1. The van der Waals surface area contributed by atoms with Gasteiger partial charge in [0.05, 0.1) is 6.61 Å². The molecule has 1 aliphatic rings. The maximum atomic E-state index is 11.9. The lowest BCUT2D eigenvalue weighted by molar-refractivity contribution is 0.0543. The summed E-state index contributed by atoms with van der Waals surface area (Å²) in [7, 11) is 0. The number of esters is 1. The summed E-state index contributed by atoms with van der Waals surface area (Å²) in [6, 6.07) is 0. The van der Waals surface area contributed by atoms with E-state index in [0.717, 1.165) is 22.8 Å². The molecule has 4 nitrogen and oxygen atoms in total. The summed E-state index contributed by atoms with van der Waals surface area (Å²) >= 11 is 1.49. The summed E-state index contributed by atoms with van der Waals surface area (Å²) in [6.07, 6.45) is 8.80. The largest absolute Gasteiger partial charge is 0.494 e. The van der Waals surface area contributed by atoms with E-state index in [2.05, 4.69) is 17.1 Å². The molecular formula is C17H21NO3S. The first kappa shape index (κ1) is 16.5. The number of hydrogen-bond donors (Lipinski definition) is 0. The topological polar surface area (TPSA) is 48.4 Å². The van der Waals surface area contributed by atoms with Crippen LogP contribution in [0.2, 0.25) is 0 Å². The van der Waals surface area contributed by atoms with Crippen LogP contribution >= 0.6 is 11.3 Å². The third-order valence-electron chi connectivity index (χ3n) is 3.13. The number of carbonyl (C=O) groups excluding carboxylic acids is 1. The summed E-state index contributed by atoms with van der Waals surface area (Å²) < 4.78 is 10.6. The van der Waals surface area contributed by atoms with Crippen LogP contribution < -0.4 is 0 Å². The molecule has 1 atom stereocenters. The Morgan fingerprint density at radius 3 is 2.95 bits per heavy atom. The highest BCUT2D eigenvalue weighted by molar-refractivity contribution is 7.10. The fraction of sp³-hybridized carbons (Fsp3) is 0.412. The Bertz CT molecular complexity index is 609. The van der Waals surface area contributed by atoms with Crippen LogP contribution in [0.25, 0.3) is 0 Å². The minimum atomic E-state index is -0.370. The molecule has 0 fully saturated rings. The molecule has 0 bridgehead atoms. The van der Waals surface area contributed by atoms with Gasteiger partial charge in [-0.3, -0.25) is 0 Å². The average Bonchev–Trinajstić information content (AvgIpc) is 2.98. The van der Waals surface area contributed by atoms with Gasteiger partial charge in [-0.1, -0.05) is 11.6 Å². The van der Waals surface area contributed by atoms with Crippen molar-refractivity contribution in [3.05, 3.63) is 51.7 Å². The van der Waals surface area contributed by atoms with Crippen molar-refractivity contribution >= 4 is 17.3 Å². The predicted octanol–water partition coefficient (Wildman–Crippen LogP) is 4.23. The lowest BCUT2D eigenvalue weighted by Crippen LogP contribution is -2.07. The normalized spacial score (nSPS) is 16.9. The lowest BCUT2D eigenvalue weighted by atomic mass is 10.0. The Hall–Kier alpha value is -1.88. The number of aromatic nitrogens is 1. The third-order valence-corrected chi connectivity index (χ3v) is 4.11. The molecule has 0 aliphatic heterocycles. The second-order valence-corrected chi connectivity index (χ2v) is 6.08. The van der Waals surface area contributed by atoms with Gasteiger partial charge in [-0.15, -0.1) is 11.3 Å². The Labute approximate surface area is 135 Å². The summed E-state index contributed by atoms with van der Waals surface area (Å²) in [5.41, 5.74) is 1.51. The maximum absolute atomic E-state index is 11.9. The Kier molecular flexibility index (Phi) is 5.95. The zero-order chi connectivity index (χ0) is 15.9. The zero-order valence-electron chi connectivity index (χ0n) is 13.2. The molecule has 1 aromatic rings. The molecule has 5 heteroatoms. The Morgan fingerprint density at radius 1 is 1.50 bits per heavy atom. The number of hydrogen-bond acceptors (Lipinski definition) is 5. The van der Waals surface area contributed by atoms with Crippen LogP contribution in [0.15, 0.2) is 41.0 Å². The third kappa shape index (κ3) is 4.56.